The molecule has 1 aromatic heterocycles. The van der Waals surface area contributed by atoms with Crippen LogP contribution in [0, 0.1) is 10.1 Å². The molecule has 11 heteroatoms. The molecule has 2 heterocycles. The molecule has 2 aromatic rings. The highest BCUT2D eigenvalue weighted by atomic mass is 19.4. The quantitative estimate of drug-likeness (QED) is 0.234. The molecule has 1 aliphatic heterocycles. The lowest BCUT2D eigenvalue weighted by Crippen LogP contribution is -2.14. The van der Waals surface area contributed by atoms with Gasteiger partial charge in [-0.15, -0.1) is 0 Å². The fourth-order valence-electron chi connectivity index (χ4n) is 4.83. The average Bonchev–Trinajstić information content (AvgIpc) is 3.53. The number of nitro groups is 1. The van der Waals surface area contributed by atoms with E-state index in [0.29, 0.717) is 17.9 Å². The second-order valence-corrected chi connectivity index (χ2v) is 8.67. The summed E-state index contributed by atoms with van der Waals surface area (Å²) in [6.45, 7) is 1.52. The number of benzene rings is 1. The van der Waals surface area contributed by atoms with Crippen LogP contribution in [0.5, 0.6) is 0 Å². The molecule has 36 heavy (non-hydrogen) atoms. The first-order chi connectivity index (χ1) is 17.1. The molecule has 0 atom stereocenters. The van der Waals surface area contributed by atoms with Gasteiger partial charge in [-0.3, -0.25) is 10.1 Å². The molecule has 0 spiro atoms. The molecule has 1 aromatic carbocycles. The fourth-order valence-corrected chi connectivity index (χ4v) is 4.83. The number of aryl methyl sites for hydroxylation is 1. The highest BCUT2D eigenvalue weighted by Gasteiger charge is 2.43. The smallest absolute Gasteiger partial charge is 0.417 e. The first-order valence-electron chi connectivity index (χ1n) is 11.3. The number of imidazole rings is 1. The highest BCUT2D eigenvalue weighted by molar-refractivity contribution is 5.93. The number of halogens is 3. The number of para-hydroxylation sites is 1. The summed E-state index contributed by atoms with van der Waals surface area (Å²) < 4.78 is 50.0. The van der Waals surface area contributed by atoms with E-state index in [-0.39, 0.29) is 46.0 Å². The van der Waals surface area contributed by atoms with Crippen LogP contribution in [0.15, 0.2) is 47.3 Å². The van der Waals surface area contributed by atoms with Gasteiger partial charge in [0.2, 0.25) is 0 Å². The van der Waals surface area contributed by atoms with Crippen LogP contribution in [0.1, 0.15) is 58.8 Å². The monoisotopic (exact) mass is 499 g/mol. The maximum Gasteiger partial charge on any atom is 0.417 e. The lowest BCUT2D eigenvalue weighted by atomic mass is 9.98. The maximum atomic E-state index is 14.5. The van der Waals surface area contributed by atoms with Crippen molar-refractivity contribution in [2.24, 2.45) is 0 Å². The van der Waals surface area contributed by atoms with Crippen LogP contribution in [0.4, 0.5) is 18.9 Å². The van der Waals surface area contributed by atoms with E-state index < -0.39 is 28.3 Å². The first-order valence-corrected chi connectivity index (χ1v) is 11.3. The van der Waals surface area contributed by atoms with E-state index >= 15 is 0 Å². The Hall–Kier alpha value is -4.15. The number of aromatic carboxylic acids is 1. The highest BCUT2D eigenvalue weighted by Crippen LogP contribution is 2.52. The fraction of sp³-hybridized carbons (Fsp3) is 0.280. The summed E-state index contributed by atoms with van der Waals surface area (Å²) in [5, 5.41) is 21.8. The van der Waals surface area contributed by atoms with Crippen LogP contribution in [0.3, 0.4) is 0 Å². The third-order valence-corrected chi connectivity index (χ3v) is 6.46. The number of fused-ring (bicyclic) bond motifs is 1. The van der Waals surface area contributed by atoms with Crippen LogP contribution in [-0.2, 0) is 19.1 Å². The van der Waals surface area contributed by atoms with Crippen LogP contribution in [-0.4, -0.2) is 25.6 Å². The molecule has 0 radical (unpaired) electrons. The van der Waals surface area contributed by atoms with Crippen LogP contribution >= 0.6 is 0 Å². The van der Waals surface area contributed by atoms with E-state index in [1.54, 1.807) is 6.92 Å². The molecule has 3 aliphatic rings. The molecule has 0 amide bonds. The standard InChI is InChI=1S/C25H20F3N3O5/c1-2-19-29-22(13-7-8-13)23(24(32)33)30(19)11-16-14-9-10-36-12-17(14)21(25(26,27)28)20(16)15-5-3-4-6-18(15)31(34)35/h3-6,9-10,12-13H,2,7-8,11H2,1H3,(H,32,33). The van der Waals surface area contributed by atoms with Crippen molar-refractivity contribution < 1.29 is 32.4 Å². The van der Waals surface area contributed by atoms with Gasteiger partial charge in [-0.2, -0.15) is 13.2 Å². The van der Waals surface area contributed by atoms with Crippen molar-refractivity contribution in [3.8, 4) is 22.3 Å². The topological polar surface area (TPSA) is 111 Å². The molecule has 0 unspecified atom stereocenters. The Balaban J connectivity index is 1.85. The molecule has 0 saturated heterocycles. The van der Waals surface area contributed by atoms with Gasteiger partial charge in [-0.25, -0.2) is 9.78 Å². The summed E-state index contributed by atoms with van der Waals surface area (Å²) >= 11 is 0. The largest absolute Gasteiger partial charge is 0.477 e. The minimum absolute atomic E-state index is 0.00160. The molecule has 2 aliphatic carbocycles. The third-order valence-electron chi connectivity index (χ3n) is 6.46. The second-order valence-electron chi connectivity index (χ2n) is 8.67. The summed E-state index contributed by atoms with van der Waals surface area (Å²) in [6.07, 6.45) is -0.751. The molecule has 8 nitrogen and oxygen atoms in total. The SMILES string of the molecule is CCc1nc(C2CC2)c(C(=O)O)n1Cc1c2ccocc-2c(C(F)(F)F)c1-c1ccccc1[N+](=O)[O-]. The van der Waals surface area contributed by atoms with E-state index in [4.69, 9.17) is 4.42 Å². The summed E-state index contributed by atoms with van der Waals surface area (Å²) in [5.41, 5.74) is -1.75. The number of hydrogen-bond acceptors (Lipinski definition) is 5. The van der Waals surface area contributed by atoms with E-state index in [0.717, 1.165) is 25.2 Å². The minimum atomic E-state index is -4.87. The summed E-state index contributed by atoms with van der Waals surface area (Å²) in [4.78, 5) is 27.9. The summed E-state index contributed by atoms with van der Waals surface area (Å²) in [7, 11) is 0. The summed E-state index contributed by atoms with van der Waals surface area (Å²) in [5.74, 6) is -0.803. The van der Waals surface area contributed by atoms with Gasteiger partial charge >= 0.3 is 12.1 Å². The lowest BCUT2D eigenvalue weighted by Gasteiger charge is -2.14. The number of carboxylic acid groups (broad SMARTS) is 1. The predicted octanol–water partition coefficient (Wildman–Crippen LogP) is 6.36. The van der Waals surface area contributed by atoms with Crippen molar-refractivity contribution in [2.45, 2.75) is 44.8 Å². The third kappa shape index (κ3) is 3.80. The Kier molecular flexibility index (Phi) is 5.57. The van der Waals surface area contributed by atoms with Crippen molar-refractivity contribution in [2.75, 3.05) is 0 Å². The van der Waals surface area contributed by atoms with E-state index in [2.05, 4.69) is 4.98 Å². The normalized spacial score (nSPS) is 13.9. The maximum absolute atomic E-state index is 14.5. The zero-order valence-corrected chi connectivity index (χ0v) is 19.0. The number of nitro benzene ring substituents is 1. The van der Waals surface area contributed by atoms with Crippen molar-refractivity contribution in [1.82, 2.24) is 9.55 Å². The van der Waals surface area contributed by atoms with Gasteiger partial charge in [-0.05, 0) is 36.1 Å². The van der Waals surface area contributed by atoms with Gasteiger partial charge in [-0.1, -0.05) is 19.1 Å². The van der Waals surface area contributed by atoms with Gasteiger partial charge in [0.05, 0.1) is 40.8 Å². The Morgan fingerprint density at radius 1 is 1.22 bits per heavy atom. The Morgan fingerprint density at radius 3 is 2.56 bits per heavy atom. The first kappa shape index (κ1) is 23.6. The van der Waals surface area contributed by atoms with Crippen LogP contribution in [0.2, 0.25) is 0 Å². The van der Waals surface area contributed by atoms with Crippen molar-refractivity contribution >= 4 is 11.7 Å². The zero-order valence-electron chi connectivity index (χ0n) is 19.0. The number of aromatic nitrogens is 2. The molecule has 186 valence electrons. The molecule has 1 saturated carbocycles. The molecule has 5 rings (SSSR count). The molecule has 1 N–H and O–H groups in total. The van der Waals surface area contributed by atoms with Gasteiger partial charge in [0.1, 0.15) is 5.82 Å². The van der Waals surface area contributed by atoms with Gasteiger partial charge in [0, 0.05) is 29.5 Å². The predicted molar refractivity (Wildman–Crippen MR) is 122 cm³/mol. The Bertz CT molecular complexity index is 1470. The molecular weight excluding hydrogens is 479 g/mol. The Labute approximate surface area is 202 Å². The van der Waals surface area contributed by atoms with Gasteiger partial charge in [0.15, 0.2) is 5.69 Å². The average molecular weight is 499 g/mol. The van der Waals surface area contributed by atoms with Crippen molar-refractivity contribution in [3.05, 3.63) is 81.3 Å². The minimum Gasteiger partial charge on any atom is -0.477 e. The van der Waals surface area contributed by atoms with E-state index in [1.165, 1.54) is 35.1 Å². The van der Waals surface area contributed by atoms with Crippen LogP contribution in [0.25, 0.3) is 22.3 Å². The molecule has 1 fully saturated rings. The number of rotatable bonds is 7. The van der Waals surface area contributed by atoms with Crippen LogP contribution < -0.4 is 0 Å². The van der Waals surface area contributed by atoms with Gasteiger partial charge in [0.25, 0.3) is 5.69 Å². The number of nitrogens with zero attached hydrogens (tertiary/aromatic N) is 3. The molecular formula is C25H20F3N3O5. The lowest BCUT2D eigenvalue weighted by molar-refractivity contribution is -0.384. The number of alkyl halides is 3. The van der Waals surface area contributed by atoms with E-state index in [9.17, 15) is 33.2 Å². The van der Waals surface area contributed by atoms with E-state index in [1.807, 2.05) is 0 Å². The van der Waals surface area contributed by atoms with Crippen molar-refractivity contribution in [3.63, 3.8) is 0 Å². The Morgan fingerprint density at radius 2 is 1.94 bits per heavy atom. The van der Waals surface area contributed by atoms with Crippen molar-refractivity contribution in [1.29, 1.82) is 0 Å². The number of hydrogen-bond donors (Lipinski definition) is 1. The summed E-state index contributed by atoms with van der Waals surface area (Å²) in [6, 6.07) is 6.58. The second kappa shape index (κ2) is 8.51. The number of carbonyl (C=O) groups is 1. The van der Waals surface area contributed by atoms with Gasteiger partial charge < -0.3 is 14.1 Å². The zero-order chi connectivity index (χ0) is 25.8. The molecule has 0 bridgehead atoms. The number of carboxylic acids is 1.